The number of rotatable bonds is 9. The van der Waals surface area contributed by atoms with Gasteiger partial charge in [0.15, 0.2) is 5.69 Å². The van der Waals surface area contributed by atoms with Crippen molar-refractivity contribution < 1.29 is 9.47 Å². The summed E-state index contributed by atoms with van der Waals surface area (Å²) in [5.41, 5.74) is 2.40. The van der Waals surface area contributed by atoms with Crippen LogP contribution < -0.4 is 16.0 Å². The molecule has 28 heavy (non-hydrogen) atoms. The maximum Gasteiger partial charge on any atom is 0.158 e. The SMILES string of the molecule is COCCCc1cnc(Nc2cnc(C#N)cn2)cc1NCC1CNCCO1. The lowest BCUT2D eigenvalue weighted by atomic mass is 10.1. The molecular weight excluding hydrogens is 358 g/mol. The number of anilines is 3. The lowest BCUT2D eigenvalue weighted by Crippen LogP contribution is -2.42. The summed E-state index contributed by atoms with van der Waals surface area (Å²) in [6.45, 7) is 3.88. The molecule has 0 aliphatic carbocycles. The molecule has 9 nitrogen and oxygen atoms in total. The minimum absolute atomic E-state index is 0.134. The number of hydrogen-bond acceptors (Lipinski definition) is 9. The predicted octanol–water partition coefficient (Wildman–Crippen LogP) is 1.47. The van der Waals surface area contributed by atoms with Crippen LogP contribution in [-0.4, -0.2) is 61.0 Å². The number of aryl methyl sites for hydroxylation is 1. The Morgan fingerprint density at radius 2 is 2.18 bits per heavy atom. The Kier molecular flexibility index (Phi) is 7.49. The van der Waals surface area contributed by atoms with E-state index in [0.717, 1.165) is 43.8 Å². The van der Waals surface area contributed by atoms with Gasteiger partial charge in [-0.3, -0.25) is 0 Å². The Morgan fingerprint density at radius 3 is 2.89 bits per heavy atom. The van der Waals surface area contributed by atoms with Crippen LogP contribution in [0.4, 0.5) is 17.3 Å². The third-order valence-electron chi connectivity index (χ3n) is 4.33. The van der Waals surface area contributed by atoms with Crippen LogP contribution in [-0.2, 0) is 15.9 Å². The van der Waals surface area contributed by atoms with E-state index in [4.69, 9.17) is 14.7 Å². The summed E-state index contributed by atoms with van der Waals surface area (Å²) in [6.07, 6.45) is 6.72. The highest BCUT2D eigenvalue weighted by Crippen LogP contribution is 2.22. The molecule has 1 unspecified atom stereocenters. The quantitative estimate of drug-likeness (QED) is 0.553. The molecule has 0 aromatic carbocycles. The fourth-order valence-corrected chi connectivity index (χ4v) is 2.88. The van der Waals surface area contributed by atoms with Crippen LogP contribution >= 0.6 is 0 Å². The van der Waals surface area contributed by atoms with E-state index in [1.807, 2.05) is 18.3 Å². The van der Waals surface area contributed by atoms with Gasteiger partial charge in [-0.1, -0.05) is 0 Å². The second kappa shape index (κ2) is 10.5. The van der Waals surface area contributed by atoms with Crippen LogP contribution in [0.2, 0.25) is 0 Å². The average Bonchev–Trinajstić information content (AvgIpc) is 2.75. The van der Waals surface area contributed by atoms with Crippen LogP contribution in [0.3, 0.4) is 0 Å². The first-order chi connectivity index (χ1) is 13.8. The standard InChI is InChI=1S/C19H25N7O2/c1-27-5-2-3-14-9-24-18(26-19-13-22-15(8-20)10-25-19)7-17(14)23-12-16-11-21-4-6-28-16/h7,9-10,13,16,21H,2-6,11-12H2,1H3,(H2,23,24,25,26). The summed E-state index contributed by atoms with van der Waals surface area (Å²) < 4.78 is 10.9. The van der Waals surface area contributed by atoms with Gasteiger partial charge in [0.1, 0.15) is 17.7 Å². The Labute approximate surface area is 164 Å². The zero-order valence-corrected chi connectivity index (χ0v) is 15.9. The van der Waals surface area contributed by atoms with Crippen molar-refractivity contribution in [2.75, 3.05) is 50.6 Å². The fourth-order valence-electron chi connectivity index (χ4n) is 2.88. The number of morpholine rings is 1. The molecular formula is C19H25N7O2. The number of nitrogens with one attached hydrogen (secondary N) is 3. The summed E-state index contributed by atoms with van der Waals surface area (Å²) in [6, 6.07) is 3.91. The molecule has 2 aromatic rings. The van der Waals surface area contributed by atoms with E-state index in [0.29, 0.717) is 24.8 Å². The first-order valence-corrected chi connectivity index (χ1v) is 9.31. The van der Waals surface area contributed by atoms with Gasteiger partial charge in [-0.05, 0) is 18.4 Å². The first-order valence-electron chi connectivity index (χ1n) is 9.31. The number of methoxy groups -OCH3 is 1. The molecule has 1 atom stereocenters. The molecule has 0 radical (unpaired) electrons. The molecule has 0 amide bonds. The molecule has 3 heterocycles. The van der Waals surface area contributed by atoms with Crippen molar-refractivity contribution in [3.05, 3.63) is 35.9 Å². The van der Waals surface area contributed by atoms with Crippen molar-refractivity contribution in [2.24, 2.45) is 0 Å². The Morgan fingerprint density at radius 1 is 1.29 bits per heavy atom. The van der Waals surface area contributed by atoms with E-state index in [9.17, 15) is 0 Å². The highest BCUT2D eigenvalue weighted by molar-refractivity contribution is 5.61. The molecule has 148 valence electrons. The smallest absolute Gasteiger partial charge is 0.158 e. The summed E-state index contributed by atoms with van der Waals surface area (Å²) >= 11 is 0. The van der Waals surface area contributed by atoms with Crippen LogP contribution in [0.25, 0.3) is 0 Å². The molecule has 0 saturated carbocycles. The van der Waals surface area contributed by atoms with Crippen molar-refractivity contribution in [1.82, 2.24) is 20.3 Å². The van der Waals surface area contributed by atoms with E-state index < -0.39 is 0 Å². The van der Waals surface area contributed by atoms with E-state index in [1.54, 1.807) is 7.11 Å². The van der Waals surface area contributed by atoms with Gasteiger partial charge in [-0.25, -0.2) is 15.0 Å². The molecule has 2 aromatic heterocycles. The molecule has 1 fully saturated rings. The van der Waals surface area contributed by atoms with Gasteiger partial charge >= 0.3 is 0 Å². The number of ether oxygens (including phenoxy) is 2. The summed E-state index contributed by atoms with van der Waals surface area (Å²) in [5.74, 6) is 1.18. The van der Waals surface area contributed by atoms with Crippen molar-refractivity contribution in [2.45, 2.75) is 18.9 Å². The lowest BCUT2D eigenvalue weighted by Gasteiger charge is -2.25. The Bertz CT molecular complexity index is 786. The van der Waals surface area contributed by atoms with Gasteiger partial charge in [-0.2, -0.15) is 5.26 Å². The molecule has 9 heteroatoms. The number of hydrogen-bond donors (Lipinski definition) is 3. The minimum atomic E-state index is 0.134. The summed E-state index contributed by atoms with van der Waals surface area (Å²) in [4.78, 5) is 12.7. The van der Waals surface area contributed by atoms with Gasteiger partial charge in [-0.15, -0.1) is 0 Å². The minimum Gasteiger partial charge on any atom is -0.385 e. The predicted molar refractivity (Wildman–Crippen MR) is 106 cm³/mol. The molecule has 1 aliphatic rings. The van der Waals surface area contributed by atoms with E-state index in [-0.39, 0.29) is 11.8 Å². The van der Waals surface area contributed by atoms with Gasteiger partial charge in [0, 0.05) is 51.3 Å². The Balaban J connectivity index is 1.70. The maximum absolute atomic E-state index is 8.82. The Hall–Kier alpha value is -2.80. The second-order valence-electron chi connectivity index (χ2n) is 6.42. The van der Waals surface area contributed by atoms with Gasteiger partial charge in [0.25, 0.3) is 0 Å². The molecule has 0 bridgehead atoms. The summed E-state index contributed by atoms with van der Waals surface area (Å²) in [7, 11) is 1.70. The van der Waals surface area contributed by atoms with Crippen LogP contribution in [0.15, 0.2) is 24.7 Å². The third-order valence-corrected chi connectivity index (χ3v) is 4.33. The zero-order valence-electron chi connectivity index (χ0n) is 15.9. The van der Waals surface area contributed by atoms with Gasteiger partial charge in [0.2, 0.25) is 0 Å². The normalized spacial score (nSPS) is 16.4. The highest BCUT2D eigenvalue weighted by Gasteiger charge is 2.14. The van der Waals surface area contributed by atoms with Crippen molar-refractivity contribution in [1.29, 1.82) is 5.26 Å². The molecule has 3 N–H and O–H groups in total. The molecule has 1 saturated heterocycles. The van der Waals surface area contributed by atoms with Crippen LogP contribution in [0, 0.1) is 11.3 Å². The highest BCUT2D eigenvalue weighted by atomic mass is 16.5. The van der Waals surface area contributed by atoms with Gasteiger partial charge in [0.05, 0.1) is 25.1 Å². The van der Waals surface area contributed by atoms with Crippen molar-refractivity contribution in [3.8, 4) is 6.07 Å². The largest absolute Gasteiger partial charge is 0.385 e. The topological polar surface area (TPSA) is 117 Å². The third kappa shape index (κ3) is 5.85. The average molecular weight is 383 g/mol. The van der Waals surface area contributed by atoms with E-state index in [2.05, 4.69) is 30.9 Å². The zero-order chi connectivity index (χ0) is 19.6. The van der Waals surface area contributed by atoms with Gasteiger partial charge < -0.3 is 25.4 Å². The van der Waals surface area contributed by atoms with Crippen molar-refractivity contribution >= 4 is 17.3 Å². The van der Waals surface area contributed by atoms with Crippen LogP contribution in [0.1, 0.15) is 17.7 Å². The second-order valence-corrected chi connectivity index (χ2v) is 6.42. The van der Waals surface area contributed by atoms with E-state index >= 15 is 0 Å². The van der Waals surface area contributed by atoms with E-state index in [1.165, 1.54) is 12.4 Å². The van der Waals surface area contributed by atoms with Crippen molar-refractivity contribution in [3.63, 3.8) is 0 Å². The number of nitrogens with zero attached hydrogens (tertiary/aromatic N) is 4. The van der Waals surface area contributed by atoms with Crippen LogP contribution in [0.5, 0.6) is 0 Å². The molecule has 1 aliphatic heterocycles. The summed E-state index contributed by atoms with van der Waals surface area (Å²) in [5, 5.41) is 18.8. The molecule has 0 spiro atoms. The number of pyridine rings is 1. The monoisotopic (exact) mass is 383 g/mol. The fraction of sp³-hybridized carbons (Fsp3) is 0.474. The lowest BCUT2D eigenvalue weighted by molar-refractivity contribution is 0.0372. The number of nitriles is 1. The first kappa shape index (κ1) is 19.9. The number of aromatic nitrogens is 3. The molecule has 3 rings (SSSR count). The maximum atomic E-state index is 8.82.